The molecule has 0 spiro atoms. The Kier molecular flexibility index (Phi) is 5.98. The van der Waals surface area contributed by atoms with Gasteiger partial charge in [0.1, 0.15) is 5.75 Å². The molecule has 0 saturated heterocycles. The number of rotatable bonds is 7. The summed E-state index contributed by atoms with van der Waals surface area (Å²) in [5.41, 5.74) is 6.67. The Labute approximate surface area is 121 Å². The number of aryl methyl sites for hydroxylation is 1. The normalized spacial score (nSPS) is 13.5. The second-order valence-electron chi connectivity index (χ2n) is 5.37. The van der Waals surface area contributed by atoms with Crippen LogP contribution in [0.1, 0.15) is 25.8 Å². The number of sulfonamides is 1. The molecule has 1 atom stereocenters. The number of ether oxygens (including phenoxy) is 1. The maximum Gasteiger partial charge on any atom is 0.240 e. The van der Waals surface area contributed by atoms with Crippen LogP contribution >= 0.6 is 0 Å². The zero-order valence-corrected chi connectivity index (χ0v) is 13.3. The number of hydrogen-bond donors (Lipinski definition) is 2. The van der Waals surface area contributed by atoms with Crippen LogP contribution in [-0.4, -0.2) is 28.1 Å². The minimum atomic E-state index is -3.52. The van der Waals surface area contributed by atoms with Crippen LogP contribution in [0, 0.1) is 12.8 Å². The highest BCUT2D eigenvalue weighted by Gasteiger charge is 2.17. The van der Waals surface area contributed by atoms with Gasteiger partial charge in [-0.15, -0.1) is 0 Å². The van der Waals surface area contributed by atoms with Crippen molar-refractivity contribution in [2.24, 2.45) is 11.7 Å². The van der Waals surface area contributed by atoms with Gasteiger partial charge in [0.05, 0.1) is 12.0 Å². The van der Waals surface area contributed by atoms with Crippen molar-refractivity contribution in [3.05, 3.63) is 23.8 Å². The molecule has 0 bridgehead atoms. The van der Waals surface area contributed by atoms with Crippen LogP contribution < -0.4 is 15.2 Å². The van der Waals surface area contributed by atoms with Crippen molar-refractivity contribution in [3.63, 3.8) is 0 Å². The lowest BCUT2D eigenvalue weighted by Crippen LogP contribution is -2.38. The predicted molar refractivity (Wildman–Crippen MR) is 80.3 cm³/mol. The fourth-order valence-corrected chi connectivity index (χ4v) is 3.19. The third-order valence-electron chi connectivity index (χ3n) is 2.99. The van der Waals surface area contributed by atoms with E-state index in [2.05, 4.69) is 18.6 Å². The molecule has 0 heterocycles. The van der Waals surface area contributed by atoms with Crippen molar-refractivity contribution in [1.29, 1.82) is 0 Å². The van der Waals surface area contributed by atoms with E-state index >= 15 is 0 Å². The molecule has 1 aromatic rings. The van der Waals surface area contributed by atoms with Gasteiger partial charge < -0.3 is 10.5 Å². The monoisotopic (exact) mass is 300 g/mol. The molecule has 0 radical (unpaired) electrons. The topological polar surface area (TPSA) is 81.4 Å². The maximum absolute atomic E-state index is 12.2. The van der Waals surface area contributed by atoms with E-state index in [1.807, 2.05) is 6.92 Å². The van der Waals surface area contributed by atoms with Crippen LogP contribution in [0.5, 0.6) is 5.75 Å². The summed E-state index contributed by atoms with van der Waals surface area (Å²) in [6, 6.07) is 4.60. The number of nitrogens with two attached hydrogens (primary N) is 1. The highest BCUT2D eigenvalue weighted by atomic mass is 32.2. The lowest BCUT2D eigenvalue weighted by molar-refractivity contribution is 0.411. The van der Waals surface area contributed by atoms with Gasteiger partial charge in [-0.25, -0.2) is 13.1 Å². The largest absolute Gasteiger partial charge is 0.496 e. The Balaban J connectivity index is 2.76. The first-order chi connectivity index (χ1) is 9.26. The summed E-state index contributed by atoms with van der Waals surface area (Å²) < 4.78 is 32.0. The quantitative estimate of drug-likeness (QED) is 0.802. The molecular weight excluding hydrogens is 276 g/mol. The summed E-state index contributed by atoms with van der Waals surface area (Å²) in [5.74, 6) is 1.11. The van der Waals surface area contributed by atoms with E-state index in [0.717, 1.165) is 12.0 Å². The Bertz CT molecular complexity index is 541. The van der Waals surface area contributed by atoms with E-state index in [1.165, 1.54) is 6.07 Å². The maximum atomic E-state index is 12.2. The summed E-state index contributed by atoms with van der Waals surface area (Å²) >= 11 is 0. The van der Waals surface area contributed by atoms with E-state index in [-0.39, 0.29) is 17.5 Å². The molecule has 1 rings (SSSR count). The molecule has 5 nitrogen and oxygen atoms in total. The van der Waals surface area contributed by atoms with Crippen molar-refractivity contribution >= 4 is 10.0 Å². The van der Waals surface area contributed by atoms with Gasteiger partial charge in [-0.2, -0.15) is 0 Å². The smallest absolute Gasteiger partial charge is 0.240 e. The number of benzene rings is 1. The van der Waals surface area contributed by atoms with Crippen molar-refractivity contribution < 1.29 is 13.2 Å². The lowest BCUT2D eigenvalue weighted by Gasteiger charge is -2.15. The number of methoxy groups -OCH3 is 1. The minimum Gasteiger partial charge on any atom is -0.496 e. The van der Waals surface area contributed by atoms with E-state index in [0.29, 0.717) is 11.7 Å². The summed E-state index contributed by atoms with van der Waals surface area (Å²) in [7, 11) is -1.97. The molecule has 0 aliphatic heterocycles. The standard InChI is InChI=1S/C14H24N2O3S/c1-10(2)7-12(15)9-16-20(17,18)13-5-6-14(19-4)11(3)8-13/h5-6,8,10,12,16H,7,9,15H2,1-4H3. The molecule has 0 fully saturated rings. The average Bonchev–Trinajstić information content (AvgIpc) is 2.35. The molecule has 3 N–H and O–H groups in total. The van der Waals surface area contributed by atoms with Gasteiger partial charge in [0, 0.05) is 12.6 Å². The molecule has 0 aliphatic rings. The molecule has 0 aromatic heterocycles. The summed E-state index contributed by atoms with van der Waals surface area (Å²) in [6.07, 6.45) is 0.782. The Morgan fingerprint density at radius 3 is 2.50 bits per heavy atom. The first-order valence-corrected chi connectivity index (χ1v) is 8.14. The molecule has 1 aromatic carbocycles. The Morgan fingerprint density at radius 1 is 1.35 bits per heavy atom. The molecule has 1 unspecified atom stereocenters. The summed E-state index contributed by atoms with van der Waals surface area (Å²) in [4.78, 5) is 0.229. The van der Waals surface area contributed by atoms with Crippen LogP contribution in [0.25, 0.3) is 0 Å². The van der Waals surface area contributed by atoms with Crippen molar-refractivity contribution in [2.75, 3.05) is 13.7 Å². The summed E-state index contributed by atoms with van der Waals surface area (Å²) in [5, 5.41) is 0. The van der Waals surface area contributed by atoms with E-state index in [4.69, 9.17) is 10.5 Å². The third kappa shape index (κ3) is 4.77. The predicted octanol–water partition coefficient (Wildman–Crippen LogP) is 1.66. The van der Waals surface area contributed by atoms with Crippen molar-refractivity contribution in [3.8, 4) is 5.75 Å². The zero-order valence-electron chi connectivity index (χ0n) is 12.5. The Hall–Kier alpha value is -1.11. The van der Waals surface area contributed by atoms with Crippen LogP contribution in [0.15, 0.2) is 23.1 Å². The molecule has 0 amide bonds. The van der Waals surface area contributed by atoms with Crippen LogP contribution in [0.3, 0.4) is 0 Å². The fraction of sp³-hybridized carbons (Fsp3) is 0.571. The highest BCUT2D eigenvalue weighted by molar-refractivity contribution is 7.89. The van der Waals surface area contributed by atoms with Crippen molar-refractivity contribution in [2.45, 2.75) is 38.1 Å². The third-order valence-corrected chi connectivity index (χ3v) is 4.41. The first-order valence-electron chi connectivity index (χ1n) is 6.66. The first kappa shape index (κ1) is 16.9. The average molecular weight is 300 g/mol. The fourth-order valence-electron chi connectivity index (χ4n) is 2.01. The highest BCUT2D eigenvalue weighted by Crippen LogP contribution is 2.21. The van der Waals surface area contributed by atoms with E-state index < -0.39 is 10.0 Å². The second kappa shape index (κ2) is 7.06. The molecule has 114 valence electrons. The van der Waals surface area contributed by atoms with E-state index in [1.54, 1.807) is 19.2 Å². The van der Waals surface area contributed by atoms with E-state index in [9.17, 15) is 8.42 Å². The molecule has 20 heavy (non-hydrogen) atoms. The number of nitrogens with one attached hydrogen (secondary N) is 1. The van der Waals surface area contributed by atoms with Gasteiger partial charge in [-0.3, -0.25) is 0 Å². The molecule has 0 aliphatic carbocycles. The van der Waals surface area contributed by atoms with Gasteiger partial charge in [0.2, 0.25) is 10.0 Å². The lowest BCUT2D eigenvalue weighted by atomic mass is 10.1. The Morgan fingerprint density at radius 2 is 2.00 bits per heavy atom. The van der Waals surface area contributed by atoms with Gasteiger partial charge >= 0.3 is 0 Å². The van der Waals surface area contributed by atoms with Crippen LogP contribution in [0.2, 0.25) is 0 Å². The van der Waals surface area contributed by atoms with Crippen LogP contribution in [-0.2, 0) is 10.0 Å². The molecular formula is C14H24N2O3S. The van der Waals surface area contributed by atoms with Gasteiger partial charge in [-0.05, 0) is 43.0 Å². The minimum absolute atomic E-state index is 0.177. The molecule has 0 saturated carbocycles. The van der Waals surface area contributed by atoms with Crippen molar-refractivity contribution in [1.82, 2.24) is 4.72 Å². The number of hydrogen-bond acceptors (Lipinski definition) is 4. The zero-order chi connectivity index (χ0) is 15.3. The SMILES string of the molecule is COc1ccc(S(=O)(=O)NCC(N)CC(C)C)cc1C. The molecule has 6 heteroatoms. The van der Waals surface area contributed by atoms with Gasteiger partial charge in [0.15, 0.2) is 0 Å². The summed E-state index contributed by atoms with van der Waals surface area (Å²) in [6.45, 7) is 6.16. The van der Waals surface area contributed by atoms with Crippen LogP contribution in [0.4, 0.5) is 0 Å². The second-order valence-corrected chi connectivity index (χ2v) is 7.14. The van der Waals surface area contributed by atoms with Gasteiger partial charge in [0.25, 0.3) is 0 Å². The van der Waals surface area contributed by atoms with Gasteiger partial charge in [-0.1, -0.05) is 13.8 Å².